The van der Waals surface area contributed by atoms with Gasteiger partial charge in [-0.15, -0.1) is 11.3 Å². The quantitative estimate of drug-likeness (QED) is 0.389. The van der Waals surface area contributed by atoms with E-state index < -0.39 is 11.2 Å². The molecule has 2 heterocycles. The van der Waals surface area contributed by atoms with Gasteiger partial charge in [-0.05, 0) is 38.2 Å². The molecule has 4 N–H and O–H groups in total. The molecule has 31 heavy (non-hydrogen) atoms. The normalized spacial score (nSPS) is 14.0. The van der Waals surface area contributed by atoms with Crippen LogP contribution in [0, 0.1) is 0 Å². The highest BCUT2D eigenvalue weighted by Crippen LogP contribution is 2.38. The van der Waals surface area contributed by atoms with Crippen molar-refractivity contribution >= 4 is 39.9 Å². The lowest BCUT2D eigenvalue weighted by Gasteiger charge is -2.12. The van der Waals surface area contributed by atoms with Crippen molar-refractivity contribution in [1.29, 1.82) is 0 Å². The molecule has 0 fully saturated rings. The number of hydrogen-bond acceptors (Lipinski definition) is 6. The Morgan fingerprint density at radius 1 is 1.23 bits per heavy atom. The largest absolute Gasteiger partial charge is 0.365 e. The number of nitrogens with zero attached hydrogens (tertiary/aromatic N) is 1. The van der Waals surface area contributed by atoms with E-state index in [1.807, 2.05) is 30.3 Å². The Labute approximate surface area is 187 Å². The van der Waals surface area contributed by atoms with Crippen LogP contribution < -0.4 is 16.6 Å². The van der Waals surface area contributed by atoms with Crippen LogP contribution in [0.4, 0.5) is 5.00 Å². The smallest absolute Gasteiger partial charge is 0.252 e. The Morgan fingerprint density at radius 2 is 1.97 bits per heavy atom. The second kappa shape index (κ2) is 9.07. The van der Waals surface area contributed by atoms with Gasteiger partial charge in [0, 0.05) is 16.5 Å². The minimum Gasteiger partial charge on any atom is -0.365 e. The molecule has 0 aliphatic heterocycles. The van der Waals surface area contributed by atoms with E-state index >= 15 is 0 Å². The molecule has 3 aromatic rings. The number of fused-ring (bicyclic) bond motifs is 1. The summed E-state index contributed by atoms with van der Waals surface area (Å²) in [6, 6.07) is 10.8. The number of anilines is 1. The van der Waals surface area contributed by atoms with Gasteiger partial charge in [0.05, 0.1) is 16.5 Å². The van der Waals surface area contributed by atoms with Gasteiger partial charge in [-0.3, -0.25) is 14.4 Å². The van der Waals surface area contributed by atoms with Crippen molar-refractivity contribution in [3.05, 3.63) is 62.8 Å². The minimum absolute atomic E-state index is 0.279. The van der Waals surface area contributed by atoms with Gasteiger partial charge in [0.1, 0.15) is 5.00 Å². The van der Waals surface area contributed by atoms with E-state index in [2.05, 4.69) is 15.3 Å². The van der Waals surface area contributed by atoms with Crippen LogP contribution in [0.1, 0.15) is 40.6 Å². The molecule has 2 aromatic heterocycles. The van der Waals surface area contributed by atoms with E-state index in [1.54, 1.807) is 6.92 Å². The maximum absolute atomic E-state index is 12.8. The van der Waals surface area contributed by atoms with Crippen molar-refractivity contribution in [2.24, 2.45) is 5.73 Å². The predicted molar refractivity (Wildman–Crippen MR) is 124 cm³/mol. The van der Waals surface area contributed by atoms with Gasteiger partial charge in [0.15, 0.2) is 5.16 Å². The number of thiophene rings is 1. The molecule has 7 nitrogen and oxygen atoms in total. The van der Waals surface area contributed by atoms with Gasteiger partial charge >= 0.3 is 0 Å². The third kappa shape index (κ3) is 4.72. The minimum atomic E-state index is -0.547. The first-order chi connectivity index (χ1) is 14.9. The number of H-pyrrole nitrogens is 1. The Bertz CT molecular complexity index is 1190. The number of carbonyl (C=O) groups is 2. The third-order valence-corrected chi connectivity index (χ3v) is 7.29. The fraction of sp³-hybridized carbons (Fsp3) is 0.273. The van der Waals surface area contributed by atoms with Crippen LogP contribution in [0.15, 0.2) is 46.3 Å². The number of hydrogen-bond donors (Lipinski definition) is 3. The average Bonchev–Trinajstić information content (AvgIpc) is 3.12. The lowest BCUT2D eigenvalue weighted by atomic mass is 9.95. The van der Waals surface area contributed by atoms with E-state index in [0.717, 1.165) is 53.4 Å². The Balaban J connectivity index is 1.53. The molecule has 1 aromatic carbocycles. The molecular formula is C22H22N4O3S2. The number of carbonyl (C=O) groups excluding carboxylic acids is 2. The topological polar surface area (TPSA) is 118 Å². The predicted octanol–water partition coefficient (Wildman–Crippen LogP) is 3.60. The lowest BCUT2D eigenvalue weighted by Crippen LogP contribution is -2.24. The van der Waals surface area contributed by atoms with Crippen LogP contribution in [0.2, 0.25) is 0 Å². The fourth-order valence-electron chi connectivity index (χ4n) is 3.60. The summed E-state index contributed by atoms with van der Waals surface area (Å²) < 4.78 is 0. The molecule has 1 aliphatic rings. The number of thioether (sulfide) groups is 1. The fourth-order valence-corrected chi connectivity index (χ4v) is 5.71. The number of benzene rings is 1. The van der Waals surface area contributed by atoms with Crippen molar-refractivity contribution in [3.63, 3.8) is 0 Å². The van der Waals surface area contributed by atoms with Gasteiger partial charge in [-0.1, -0.05) is 42.1 Å². The molecule has 1 atom stereocenters. The van der Waals surface area contributed by atoms with Crippen LogP contribution in [0.3, 0.4) is 0 Å². The van der Waals surface area contributed by atoms with E-state index in [4.69, 9.17) is 5.73 Å². The van der Waals surface area contributed by atoms with E-state index in [1.165, 1.54) is 17.4 Å². The summed E-state index contributed by atoms with van der Waals surface area (Å²) in [6.45, 7) is 1.73. The van der Waals surface area contributed by atoms with E-state index in [0.29, 0.717) is 21.4 Å². The highest BCUT2D eigenvalue weighted by Gasteiger charge is 2.26. The van der Waals surface area contributed by atoms with Crippen LogP contribution >= 0.6 is 23.1 Å². The Hall–Kier alpha value is -2.91. The molecule has 0 spiro atoms. The zero-order valence-corrected chi connectivity index (χ0v) is 18.6. The average molecular weight is 455 g/mol. The summed E-state index contributed by atoms with van der Waals surface area (Å²) in [5.74, 6) is -0.796. The Kier molecular flexibility index (Phi) is 6.24. The molecule has 0 bridgehead atoms. The Morgan fingerprint density at radius 3 is 2.71 bits per heavy atom. The number of aryl methyl sites for hydroxylation is 1. The standard InChI is InChI=1S/C22H22N4O3S2/c1-12(30-22-24-15(11-17(27)25-22)13-7-3-2-4-8-13)20(29)26-21-18(19(23)28)14-9-5-6-10-16(14)31-21/h2-4,7-8,11-12H,5-6,9-10H2,1H3,(H2,23,28)(H,26,29)(H,24,25,27). The lowest BCUT2D eigenvalue weighted by molar-refractivity contribution is -0.115. The van der Waals surface area contributed by atoms with Crippen LogP contribution in [-0.4, -0.2) is 27.0 Å². The summed E-state index contributed by atoms with van der Waals surface area (Å²) >= 11 is 2.58. The monoisotopic (exact) mass is 454 g/mol. The summed E-state index contributed by atoms with van der Waals surface area (Å²) in [6.07, 6.45) is 3.79. The van der Waals surface area contributed by atoms with Gasteiger partial charge in [-0.25, -0.2) is 4.98 Å². The first-order valence-electron chi connectivity index (χ1n) is 10.0. The van der Waals surface area contributed by atoms with Crippen molar-refractivity contribution in [2.45, 2.75) is 43.0 Å². The van der Waals surface area contributed by atoms with Crippen molar-refractivity contribution in [2.75, 3.05) is 5.32 Å². The number of primary amides is 1. The summed E-state index contributed by atoms with van der Waals surface area (Å²) in [7, 11) is 0. The first kappa shape index (κ1) is 21.3. The third-order valence-electron chi connectivity index (χ3n) is 5.10. The molecule has 4 rings (SSSR count). The zero-order valence-electron chi connectivity index (χ0n) is 16.9. The number of amides is 2. The van der Waals surface area contributed by atoms with Crippen molar-refractivity contribution < 1.29 is 9.59 Å². The molecule has 0 radical (unpaired) electrons. The van der Waals surface area contributed by atoms with Gasteiger partial charge in [-0.2, -0.15) is 0 Å². The van der Waals surface area contributed by atoms with E-state index in [-0.39, 0.29) is 11.5 Å². The maximum atomic E-state index is 12.8. The number of aromatic nitrogens is 2. The molecule has 1 aliphatic carbocycles. The second-order valence-corrected chi connectivity index (χ2v) is 9.77. The highest BCUT2D eigenvalue weighted by atomic mass is 32.2. The highest BCUT2D eigenvalue weighted by molar-refractivity contribution is 8.00. The summed E-state index contributed by atoms with van der Waals surface area (Å²) in [5.41, 5.74) is 8.09. The van der Waals surface area contributed by atoms with Gasteiger partial charge < -0.3 is 16.0 Å². The first-order valence-corrected chi connectivity index (χ1v) is 11.7. The van der Waals surface area contributed by atoms with Gasteiger partial charge in [0.2, 0.25) is 5.91 Å². The molecule has 1 unspecified atom stereocenters. The maximum Gasteiger partial charge on any atom is 0.252 e. The van der Waals surface area contributed by atoms with Crippen molar-refractivity contribution in [3.8, 4) is 11.3 Å². The molecule has 0 saturated heterocycles. The number of aromatic amines is 1. The van der Waals surface area contributed by atoms with Gasteiger partial charge in [0.25, 0.3) is 11.5 Å². The molecular weight excluding hydrogens is 432 g/mol. The van der Waals surface area contributed by atoms with Crippen LogP contribution in [0.25, 0.3) is 11.3 Å². The molecule has 2 amide bonds. The summed E-state index contributed by atoms with van der Waals surface area (Å²) in [4.78, 5) is 45.3. The zero-order chi connectivity index (χ0) is 22.0. The van der Waals surface area contributed by atoms with Crippen LogP contribution in [-0.2, 0) is 17.6 Å². The summed E-state index contributed by atoms with van der Waals surface area (Å²) in [5, 5.41) is 3.19. The van der Waals surface area contributed by atoms with Crippen LogP contribution in [0.5, 0.6) is 0 Å². The molecule has 9 heteroatoms. The molecule has 160 valence electrons. The molecule has 0 saturated carbocycles. The number of rotatable bonds is 6. The second-order valence-electron chi connectivity index (χ2n) is 7.33. The number of nitrogens with one attached hydrogen (secondary N) is 2. The van der Waals surface area contributed by atoms with E-state index in [9.17, 15) is 14.4 Å². The SMILES string of the molecule is CC(Sc1nc(-c2ccccc2)cc(=O)[nH]1)C(=O)Nc1sc2c(c1C(N)=O)CCCC2. The number of nitrogens with two attached hydrogens (primary N) is 1. The van der Waals surface area contributed by atoms with Crippen molar-refractivity contribution in [1.82, 2.24) is 9.97 Å².